The van der Waals surface area contributed by atoms with Gasteiger partial charge < -0.3 is 5.32 Å². The van der Waals surface area contributed by atoms with Crippen molar-refractivity contribution in [2.24, 2.45) is 5.84 Å². The maximum atomic E-state index is 5.87. The Bertz CT molecular complexity index is 555. The fraction of sp³-hybridized carbons (Fsp3) is 0.231. The van der Waals surface area contributed by atoms with Crippen molar-refractivity contribution in [2.45, 2.75) is 19.9 Å². The Kier molecular flexibility index (Phi) is 4.19. The summed E-state index contributed by atoms with van der Waals surface area (Å²) in [6, 6.07) is 9.68. The number of halogens is 1. The number of nitrogen functional groups attached to an aromatic ring is 1. The van der Waals surface area contributed by atoms with Crippen molar-refractivity contribution in [1.29, 1.82) is 0 Å². The van der Waals surface area contributed by atoms with Gasteiger partial charge in [0.15, 0.2) is 0 Å². The average Bonchev–Trinajstić information content (AvgIpc) is 2.38. The van der Waals surface area contributed by atoms with Crippen LogP contribution in [0.5, 0.6) is 0 Å². The van der Waals surface area contributed by atoms with E-state index < -0.39 is 0 Å². The van der Waals surface area contributed by atoms with E-state index in [9.17, 15) is 0 Å². The lowest BCUT2D eigenvalue weighted by Gasteiger charge is -2.15. The summed E-state index contributed by atoms with van der Waals surface area (Å²) in [5.74, 6) is 6.45. The molecule has 4 N–H and O–H groups in total. The normalized spacial score (nSPS) is 12.0. The predicted molar refractivity (Wildman–Crippen MR) is 78.1 cm³/mol. The number of aryl methyl sites for hydroxylation is 1. The number of nitrogens with two attached hydrogens (primary N) is 1. The van der Waals surface area contributed by atoms with E-state index in [2.05, 4.69) is 27.6 Å². The van der Waals surface area contributed by atoms with Crippen molar-refractivity contribution in [3.63, 3.8) is 0 Å². The number of nitrogens with one attached hydrogen (secondary N) is 2. The SMILES string of the molecule is Cc1cc(NC(C)c2ccc(Cl)cc2)nc(NN)n1. The minimum Gasteiger partial charge on any atom is -0.363 e. The standard InChI is InChI=1S/C13H16ClN5/c1-8-7-12(18-13(16-8)19-15)17-9(2)10-3-5-11(14)6-4-10/h3-7,9H,15H2,1-2H3,(H2,16,17,18,19). The fourth-order valence-corrected chi connectivity index (χ4v) is 1.89. The molecule has 1 aromatic heterocycles. The summed E-state index contributed by atoms with van der Waals surface area (Å²) in [4.78, 5) is 8.39. The molecule has 6 heteroatoms. The molecular weight excluding hydrogens is 262 g/mol. The molecule has 0 saturated carbocycles. The van der Waals surface area contributed by atoms with Gasteiger partial charge in [0.2, 0.25) is 5.95 Å². The van der Waals surface area contributed by atoms with Crippen molar-refractivity contribution in [2.75, 3.05) is 10.7 Å². The van der Waals surface area contributed by atoms with Crippen LogP contribution in [0.25, 0.3) is 0 Å². The van der Waals surface area contributed by atoms with Gasteiger partial charge in [0.1, 0.15) is 5.82 Å². The fourth-order valence-electron chi connectivity index (χ4n) is 1.76. The number of benzene rings is 1. The third-order valence-electron chi connectivity index (χ3n) is 2.72. The zero-order valence-corrected chi connectivity index (χ0v) is 11.6. The second-order valence-corrected chi connectivity index (χ2v) is 4.72. The average molecular weight is 278 g/mol. The van der Waals surface area contributed by atoms with Crippen molar-refractivity contribution in [3.05, 3.63) is 46.6 Å². The van der Waals surface area contributed by atoms with Crippen molar-refractivity contribution < 1.29 is 0 Å². The highest BCUT2D eigenvalue weighted by molar-refractivity contribution is 6.30. The molecular formula is C13H16ClN5. The lowest BCUT2D eigenvalue weighted by molar-refractivity contribution is 0.870. The van der Waals surface area contributed by atoms with Crippen LogP contribution >= 0.6 is 11.6 Å². The Labute approximate surface area is 117 Å². The molecule has 0 radical (unpaired) electrons. The molecule has 0 aliphatic carbocycles. The Balaban J connectivity index is 2.16. The third-order valence-corrected chi connectivity index (χ3v) is 2.97. The first-order chi connectivity index (χ1) is 9.08. The highest BCUT2D eigenvalue weighted by atomic mass is 35.5. The number of aromatic nitrogens is 2. The summed E-state index contributed by atoms with van der Waals surface area (Å²) < 4.78 is 0. The number of hydrogen-bond donors (Lipinski definition) is 3. The molecule has 1 heterocycles. The van der Waals surface area contributed by atoms with Gasteiger partial charge in [0.05, 0.1) is 0 Å². The van der Waals surface area contributed by atoms with Gasteiger partial charge in [-0.05, 0) is 31.5 Å². The maximum Gasteiger partial charge on any atom is 0.239 e. The quantitative estimate of drug-likeness (QED) is 0.592. The molecule has 1 unspecified atom stereocenters. The van der Waals surface area contributed by atoms with Gasteiger partial charge in [0.25, 0.3) is 0 Å². The molecule has 5 nitrogen and oxygen atoms in total. The van der Waals surface area contributed by atoms with E-state index in [1.54, 1.807) is 0 Å². The van der Waals surface area contributed by atoms with Gasteiger partial charge in [-0.15, -0.1) is 0 Å². The minimum atomic E-state index is 0.109. The topological polar surface area (TPSA) is 75.9 Å². The highest BCUT2D eigenvalue weighted by Gasteiger charge is 2.07. The summed E-state index contributed by atoms with van der Waals surface area (Å²) in [5.41, 5.74) is 4.42. The molecule has 0 saturated heterocycles. The van der Waals surface area contributed by atoms with E-state index in [1.807, 2.05) is 37.3 Å². The third kappa shape index (κ3) is 3.56. The van der Waals surface area contributed by atoms with Crippen LogP contribution in [0.3, 0.4) is 0 Å². The van der Waals surface area contributed by atoms with Gasteiger partial charge in [-0.25, -0.2) is 10.8 Å². The zero-order chi connectivity index (χ0) is 13.8. The van der Waals surface area contributed by atoms with Gasteiger partial charge >= 0.3 is 0 Å². The van der Waals surface area contributed by atoms with Gasteiger partial charge in [-0.3, -0.25) is 5.43 Å². The maximum absolute atomic E-state index is 5.87. The van der Waals surface area contributed by atoms with Crippen LogP contribution in [0.4, 0.5) is 11.8 Å². The van der Waals surface area contributed by atoms with E-state index in [0.29, 0.717) is 5.95 Å². The molecule has 1 atom stereocenters. The lowest BCUT2D eigenvalue weighted by Crippen LogP contribution is -2.14. The zero-order valence-electron chi connectivity index (χ0n) is 10.8. The highest BCUT2D eigenvalue weighted by Crippen LogP contribution is 2.20. The first-order valence-electron chi connectivity index (χ1n) is 5.93. The summed E-state index contributed by atoms with van der Waals surface area (Å²) >= 11 is 5.87. The van der Waals surface area contributed by atoms with Crippen molar-refractivity contribution in [3.8, 4) is 0 Å². The largest absolute Gasteiger partial charge is 0.363 e. The number of hydrazine groups is 1. The van der Waals surface area contributed by atoms with Crippen LogP contribution in [0.1, 0.15) is 24.2 Å². The van der Waals surface area contributed by atoms with Crippen LogP contribution in [-0.4, -0.2) is 9.97 Å². The van der Waals surface area contributed by atoms with Crippen molar-refractivity contribution in [1.82, 2.24) is 9.97 Å². The molecule has 19 heavy (non-hydrogen) atoms. The van der Waals surface area contributed by atoms with Crippen LogP contribution in [0, 0.1) is 6.92 Å². The van der Waals surface area contributed by atoms with E-state index in [4.69, 9.17) is 17.4 Å². The van der Waals surface area contributed by atoms with Crippen LogP contribution in [0.2, 0.25) is 5.02 Å². The Morgan fingerprint density at radius 1 is 1.21 bits per heavy atom. The van der Waals surface area contributed by atoms with Crippen LogP contribution < -0.4 is 16.6 Å². The number of nitrogens with zero attached hydrogens (tertiary/aromatic N) is 2. The van der Waals surface area contributed by atoms with Gasteiger partial charge in [-0.2, -0.15) is 4.98 Å². The van der Waals surface area contributed by atoms with E-state index in [1.165, 1.54) is 0 Å². The van der Waals surface area contributed by atoms with Gasteiger partial charge in [-0.1, -0.05) is 23.7 Å². The summed E-state index contributed by atoms with van der Waals surface area (Å²) in [6.45, 7) is 3.94. The number of anilines is 2. The van der Waals surface area contributed by atoms with Crippen molar-refractivity contribution >= 4 is 23.4 Å². The molecule has 100 valence electrons. The Hall–Kier alpha value is -1.85. The first-order valence-corrected chi connectivity index (χ1v) is 6.30. The van der Waals surface area contributed by atoms with Crippen LogP contribution in [-0.2, 0) is 0 Å². The molecule has 0 bridgehead atoms. The van der Waals surface area contributed by atoms with E-state index >= 15 is 0 Å². The summed E-state index contributed by atoms with van der Waals surface area (Å²) in [7, 11) is 0. The number of rotatable bonds is 4. The first kappa shape index (κ1) is 13.6. The molecule has 0 amide bonds. The lowest BCUT2D eigenvalue weighted by atomic mass is 10.1. The summed E-state index contributed by atoms with van der Waals surface area (Å²) in [5, 5.41) is 4.03. The molecule has 0 aliphatic rings. The summed E-state index contributed by atoms with van der Waals surface area (Å²) in [6.07, 6.45) is 0. The smallest absolute Gasteiger partial charge is 0.239 e. The van der Waals surface area contributed by atoms with E-state index in [-0.39, 0.29) is 6.04 Å². The molecule has 1 aromatic carbocycles. The Morgan fingerprint density at radius 2 is 1.89 bits per heavy atom. The molecule has 2 aromatic rings. The number of hydrogen-bond acceptors (Lipinski definition) is 5. The molecule has 0 aliphatic heterocycles. The molecule has 0 fully saturated rings. The second-order valence-electron chi connectivity index (χ2n) is 4.28. The molecule has 2 rings (SSSR count). The minimum absolute atomic E-state index is 0.109. The second kappa shape index (κ2) is 5.86. The Morgan fingerprint density at radius 3 is 2.53 bits per heavy atom. The van der Waals surface area contributed by atoms with Gasteiger partial charge in [0, 0.05) is 22.8 Å². The van der Waals surface area contributed by atoms with Crippen LogP contribution in [0.15, 0.2) is 30.3 Å². The molecule has 0 spiro atoms. The van der Waals surface area contributed by atoms with E-state index in [0.717, 1.165) is 22.1 Å². The predicted octanol–water partition coefficient (Wildman–Crippen LogP) is 2.90. The monoisotopic (exact) mass is 277 g/mol.